The minimum Gasteiger partial charge on any atom is -0.461 e. The number of hydrogen-bond acceptors (Lipinski definition) is 2. The Bertz CT molecular complexity index is 880. The zero-order valence-electron chi connectivity index (χ0n) is 14.8. The smallest absolute Gasteiger partial charge is 0.416 e. The number of carbonyl (C=O) groups is 1. The average Bonchev–Trinajstić information content (AvgIpc) is 3.01. The third-order valence-corrected chi connectivity index (χ3v) is 4.31. The van der Waals surface area contributed by atoms with Gasteiger partial charge in [0.1, 0.15) is 11.3 Å². The van der Waals surface area contributed by atoms with Crippen molar-refractivity contribution in [2.45, 2.75) is 38.4 Å². The molecule has 1 N–H and O–H groups in total. The van der Waals surface area contributed by atoms with Crippen LogP contribution in [0.2, 0.25) is 0 Å². The summed E-state index contributed by atoms with van der Waals surface area (Å²) in [6.07, 6.45) is -3.17. The van der Waals surface area contributed by atoms with Gasteiger partial charge in [0.15, 0.2) is 0 Å². The molecule has 0 aliphatic heterocycles. The second-order valence-corrected chi connectivity index (χ2v) is 6.62. The highest BCUT2D eigenvalue weighted by Crippen LogP contribution is 2.29. The molecular formula is C21H20F3NO2. The zero-order chi connectivity index (χ0) is 19.4. The van der Waals surface area contributed by atoms with E-state index in [4.69, 9.17) is 4.42 Å². The predicted molar refractivity (Wildman–Crippen MR) is 97.3 cm³/mol. The molecule has 0 saturated carbocycles. The van der Waals surface area contributed by atoms with Crippen molar-refractivity contribution in [3.8, 4) is 0 Å². The third kappa shape index (κ3) is 5.12. The first-order chi connectivity index (χ1) is 12.8. The summed E-state index contributed by atoms with van der Waals surface area (Å²) in [6, 6.07) is 14.5. The summed E-state index contributed by atoms with van der Waals surface area (Å²) in [6.45, 7) is 1.89. The summed E-state index contributed by atoms with van der Waals surface area (Å²) in [5, 5.41) is 3.92. The van der Waals surface area contributed by atoms with E-state index in [-0.39, 0.29) is 18.4 Å². The Labute approximate surface area is 155 Å². The SMILES string of the molecule is C[C@H](Cc1cc2ccccc2o1)NC(=O)CCc1ccc(C(F)(F)F)cc1. The quantitative estimate of drug-likeness (QED) is 0.649. The number of furan rings is 1. The average molecular weight is 375 g/mol. The zero-order valence-corrected chi connectivity index (χ0v) is 14.8. The van der Waals surface area contributed by atoms with E-state index in [9.17, 15) is 18.0 Å². The van der Waals surface area contributed by atoms with Gasteiger partial charge in [-0.25, -0.2) is 0 Å². The molecule has 3 aromatic rings. The van der Waals surface area contributed by atoms with Gasteiger partial charge < -0.3 is 9.73 Å². The van der Waals surface area contributed by atoms with Gasteiger partial charge in [-0.1, -0.05) is 30.3 Å². The molecule has 1 atom stereocenters. The fourth-order valence-electron chi connectivity index (χ4n) is 2.96. The van der Waals surface area contributed by atoms with Crippen molar-refractivity contribution in [2.75, 3.05) is 0 Å². The monoisotopic (exact) mass is 375 g/mol. The molecule has 142 valence electrons. The van der Waals surface area contributed by atoms with Crippen LogP contribution in [-0.4, -0.2) is 11.9 Å². The Morgan fingerprint density at radius 3 is 2.48 bits per heavy atom. The van der Waals surface area contributed by atoms with Crippen molar-refractivity contribution in [2.24, 2.45) is 0 Å². The maximum absolute atomic E-state index is 12.6. The highest BCUT2D eigenvalue weighted by Gasteiger charge is 2.29. The number of hydrogen-bond donors (Lipinski definition) is 1. The highest BCUT2D eigenvalue weighted by atomic mass is 19.4. The molecule has 0 fully saturated rings. The maximum atomic E-state index is 12.6. The van der Waals surface area contributed by atoms with Gasteiger partial charge in [-0.2, -0.15) is 13.2 Å². The van der Waals surface area contributed by atoms with Crippen LogP contribution in [0.3, 0.4) is 0 Å². The van der Waals surface area contributed by atoms with Gasteiger partial charge in [-0.3, -0.25) is 4.79 Å². The predicted octanol–water partition coefficient (Wildman–Crippen LogP) is 5.13. The van der Waals surface area contributed by atoms with E-state index in [1.807, 2.05) is 37.3 Å². The van der Waals surface area contributed by atoms with Gasteiger partial charge >= 0.3 is 6.18 Å². The molecule has 3 nitrogen and oxygen atoms in total. The van der Waals surface area contributed by atoms with E-state index in [0.717, 1.165) is 28.9 Å². The van der Waals surface area contributed by atoms with Crippen molar-refractivity contribution in [3.63, 3.8) is 0 Å². The fourth-order valence-corrected chi connectivity index (χ4v) is 2.96. The molecule has 0 spiro atoms. The first kappa shape index (κ1) is 19.0. The number of fused-ring (bicyclic) bond motifs is 1. The van der Waals surface area contributed by atoms with E-state index in [1.54, 1.807) is 0 Å². The lowest BCUT2D eigenvalue weighted by atomic mass is 10.1. The van der Waals surface area contributed by atoms with Crippen molar-refractivity contribution in [1.82, 2.24) is 5.32 Å². The number of carbonyl (C=O) groups excluding carboxylic acids is 1. The molecule has 0 bridgehead atoms. The Balaban J connectivity index is 1.48. The Kier molecular flexibility index (Phi) is 5.54. The summed E-state index contributed by atoms with van der Waals surface area (Å²) >= 11 is 0. The fraction of sp³-hybridized carbons (Fsp3) is 0.286. The molecule has 1 amide bonds. The number of amides is 1. The molecule has 0 unspecified atom stereocenters. The minimum atomic E-state index is -4.35. The summed E-state index contributed by atoms with van der Waals surface area (Å²) in [7, 11) is 0. The lowest BCUT2D eigenvalue weighted by Crippen LogP contribution is -2.34. The molecule has 0 aliphatic rings. The summed E-state index contributed by atoms with van der Waals surface area (Å²) in [5.41, 5.74) is 0.826. The number of para-hydroxylation sites is 1. The second kappa shape index (κ2) is 7.86. The number of benzene rings is 2. The number of alkyl halides is 3. The van der Waals surface area contributed by atoms with E-state index >= 15 is 0 Å². The van der Waals surface area contributed by atoms with Crippen LogP contribution in [0.5, 0.6) is 0 Å². The highest BCUT2D eigenvalue weighted by molar-refractivity contribution is 5.78. The van der Waals surface area contributed by atoms with Gasteiger partial charge in [-0.05, 0) is 43.2 Å². The number of nitrogens with one attached hydrogen (secondary N) is 1. The molecule has 3 rings (SSSR count). The van der Waals surface area contributed by atoms with Crippen LogP contribution in [-0.2, 0) is 23.8 Å². The molecule has 2 aromatic carbocycles. The summed E-state index contributed by atoms with van der Waals surface area (Å²) in [4.78, 5) is 12.1. The first-order valence-corrected chi connectivity index (χ1v) is 8.74. The van der Waals surface area contributed by atoms with Crippen LogP contribution >= 0.6 is 0 Å². The topological polar surface area (TPSA) is 42.2 Å². The normalized spacial score (nSPS) is 12.9. The molecule has 1 aromatic heterocycles. The van der Waals surface area contributed by atoms with E-state index in [0.29, 0.717) is 18.4 Å². The van der Waals surface area contributed by atoms with Crippen LogP contribution < -0.4 is 5.32 Å². The van der Waals surface area contributed by atoms with E-state index in [2.05, 4.69) is 5.32 Å². The van der Waals surface area contributed by atoms with Crippen LogP contribution in [0, 0.1) is 0 Å². The van der Waals surface area contributed by atoms with Crippen LogP contribution in [0.4, 0.5) is 13.2 Å². The molecule has 0 radical (unpaired) electrons. The maximum Gasteiger partial charge on any atom is 0.416 e. The van der Waals surface area contributed by atoms with Gasteiger partial charge in [0, 0.05) is 24.3 Å². The lowest BCUT2D eigenvalue weighted by molar-refractivity contribution is -0.137. The van der Waals surface area contributed by atoms with E-state index in [1.165, 1.54) is 12.1 Å². The van der Waals surface area contributed by atoms with Crippen molar-refractivity contribution in [1.29, 1.82) is 0 Å². The summed E-state index contributed by atoms with van der Waals surface area (Å²) in [5.74, 6) is 0.658. The van der Waals surface area contributed by atoms with Crippen LogP contribution in [0.1, 0.15) is 30.2 Å². The third-order valence-electron chi connectivity index (χ3n) is 4.31. The molecule has 27 heavy (non-hydrogen) atoms. The van der Waals surface area contributed by atoms with Crippen LogP contribution in [0.15, 0.2) is 59.0 Å². The van der Waals surface area contributed by atoms with Crippen molar-refractivity contribution < 1.29 is 22.4 Å². The summed E-state index contributed by atoms with van der Waals surface area (Å²) < 4.78 is 43.4. The number of aryl methyl sites for hydroxylation is 1. The molecular weight excluding hydrogens is 355 g/mol. The Morgan fingerprint density at radius 2 is 1.81 bits per heavy atom. The largest absolute Gasteiger partial charge is 0.461 e. The van der Waals surface area contributed by atoms with Crippen LogP contribution in [0.25, 0.3) is 11.0 Å². The lowest BCUT2D eigenvalue weighted by Gasteiger charge is -2.12. The van der Waals surface area contributed by atoms with Crippen molar-refractivity contribution in [3.05, 3.63) is 71.5 Å². The number of halogens is 3. The molecule has 0 aliphatic carbocycles. The Hall–Kier alpha value is -2.76. The Morgan fingerprint density at radius 1 is 1.11 bits per heavy atom. The van der Waals surface area contributed by atoms with Crippen molar-refractivity contribution >= 4 is 16.9 Å². The first-order valence-electron chi connectivity index (χ1n) is 8.74. The molecule has 0 saturated heterocycles. The van der Waals surface area contributed by atoms with Gasteiger partial charge in [-0.15, -0.1) is 0 Å². The van der Waals surface area contributed by atoms with E-state index < -0.39 is 11.7 Å². The van der Waals surface area contributed by atoms with Gasteiger partial charge in [0.05, 0.1) is 5.56 Å². The molecule has 6 heteroatoms. The molecule has 1 heterocycles. The minimum absolute atomic E-state index is 0.106. The van der Waals surface area contributed by atoms with Gasteiger partial charge in [0.2, 0.25) is 5.91 Å². The standard InChI is InChI=1S/C21H20F3NO2/c1-14(12-18-13-16-4-2-3-5-19(16)27-18)25-20(26)11-8-15-6-9-17(10-7-15)21(22,23)24/h2-7,9-10,13-14H,8,11-12H2,1H3,(H,25,26)/t14-/m1/s1. The van der Waals surface area contributed by atoms with Gasteiger partial charge in [0.25, 0.3) is 0 Å². The second-order valence-electron chi connectivity index (χ2n) is 6.62. The number of rotatable bonds is 6.